The van der Waals surface area contributed by atoms with Gasteiger partial charge >= 0.3 is 0 Å². The Balaban J connectivity index is 1.49. The monoisotopic (exact) mass is 501 g/mol. The van der Waals surface area contributed by atoms with Crippen molar-refractivity contribution in [1.29, 1.82) is 0 Å². The summed E-state index contributed by atoms with van der Waals surface area (Å²) in [5, 5.41) is 11.8. The van der Waals surface area contributed by atoms with Gasteiger partial charge in [0.05, 0.1) is 21.2 Å². The van der Waals surface area contributed by atoms with E-state index in [1.165, 1.54) is 23.9 Å². The summed E-state index contributed by atoms with van der Waals surface area (Å²) in [6.45, 7) is 0. The van der Waals surface area contributed by atoms with Crippen LogP contribution in [0.25, 0.3) is 17.4 Å². The van der Waals surface area contributed by atoms with Gasteiger partial charge in [0.1, 0.15) is 16.5 Å². The highest BCUT2D eigenvalue weighted by Gasteiger charge is 2.35. The standard InChI is InChI=1S/C26H16ClN3O4S/c27-21-13-11-17(15-22(21)30(32)33)23-14-12-20(34-23)16-24-25(31)29(19-9-5-2-6-10-19)26(35-24)28-18-7-3-1-4-8-18/h1-16H. The number of rotatable bonds is 5. The zero-order valence-corrected chi connectivity index (χ0v) is 19.6. The van der Waals surface area contributed by atoms with E-state index in [9.17, 15) is 14.9 Å². The molecule has 1 amide bonds. The molecular formula is C26H16ClN3O4S. The van der Waals surface area contributed by atoms with Crippen LogP contribution in [0, 0.1) is 10.1 Å². The fourth-order valence-electron chi connectivity index (χ4n) is 3.49. The number of hydrogen-bond acceptors (Lipinski definition) is 6. The normalized spacial score (nSPS) is 15.8. The minimum Gasteiger partial charge on any atom is -0.457 e. The highest BCUT2D eigenvalue weighted by Crippen LogP contribution is 2.38. The predicted octanol–water partition coefficient (Wildman–Crippen LogP) is 7.32. The van der Waals surface area contributed by atoms with E-state index in [2.05, 4.69) is 4.99 Å². The SMILES string of the molecule is O=C1C(=Cc2ccc(-c3ccc(Cl)c([N+](=O)[O-])c3)o2)SC(=Nc2ccccc2)N1c1ccccc1. The maximum Gasteiger partial charge on any atom is 0.288 e. The molecule has 0 atom stereocenters. The first-order valence-electron chi connectivity index (χ1n) is 10.5. The van der Waals surface area contributed by atoms with Gasteiger partial charge in [-0.15, -0.1) is 0 Å². The lowest BCUT2D eigenvalue weighted by molar-refractivity contribution is -0.384. The van der Waals surface area contributed by atoms with Crippen LogP contribution >= 0.6 is 23.4 Å². The van der Waals surface area contributed by atoms with Gasteiger partial charge < -0.3 is 4.42 Å². The van der Waals surface area contributed by atoms with E-state index in [0.717, 1.165) is 5.69 Å². The van der Waals surface area contributed by atoms with E-state index < -0.39 is 4.92 Å². The summed E-state index contributed by atoms with van der Waals surface area (Å²) >= 11 is 7.16. The van der Waals surface area contributed by atoms with E-state index in [4.69, 9.17) is 16.0 Å². The second-order valence-electron chi connectivity index (χ2n) is 7.44. The van der Waals surface area contributed by atoms with Crippen LogP contribution in [0.3, 0.4) is 0 Å². The topological polar surface area (TPSA) is 88.9 Å². The average molecular weight is 502 g/mol. The molecule has 0 unspecified atom stereocenters. The Morgan fingerprint density at radius 1 is 0.971 bits per heavy atom. The number of carbonyl (C=O) groups is 1. The number of nitrogens with zero attached hydrogens (tertiary/aromatic N) is 3. The van der Waals surface area contributed by atoms with Crippen molar-refractivity contribution in [3.05, 3.63) is 117 Å². The minimum atomic E-state index is -0.544. The van der Waals surface area contributed by atoms with Gasteiger partial charge in [-0.2, -0.15) is 0 Å². The molecule has 2 heterocycles. The van der Waals surface area contributed by atoms with E-state index in [0.29, 0.717) is 32.8 Å². The lowest BCUT2D eigenvalue weighted by Gasteiger charge is -2.15. The maximum absolute atomic E-state index is 13.4. The number of para-hydroxylation sites is 2. The number of nitro groups is 1. The Bertz CT molecular complexity index is 1480. The summed E-state index contributed by atoms with van der Waals surface area (Å²) in [6.07, 6.45) is 1.64. The first-order chi connectivity index (χ1) is 17.0. The number of halogens is 1. The molecule has 1 aromatic heterocycles. The molecule has 1 saturated heterocycles. The number of amidine groups is 1. The molecule has 1 aliphatic rings. The van der Waals surface area contributed by atoms with Crippen LogP contribution in [-0.4, -0.2) is 16.0 Å². The third-order valence-corrected chi connectivity index (χ3v) is 6.42. The van der Waals surface area contributed by atoms with Crippen LogP contribution in [0.2, 0.25) is 5.02 Å². The molecule has 3 aromatic carbocycles. The van der Waals surface area contributed by atoms with Crippen LogP contribution in [0.4, 0.5) is 17.1 Å². The van der Waals surface area contributed by atoms with Gasteiger partial charge in [-0.3, -0.25) is 19.8 Å². The lowest BCUT2D eigenvalue weighted by atomic mass is 10.1. The second kappa shape index (κ2) is 9.61. The Morgan fingerprint density at radius 2 is 1.69 bits per heavy atom. The van der Waals surface area contributed by atoms with Crippen molar-refractivity contribution in [1.82, 2.24) is 0 Å². The number of carbonyl (C=O) groups excluding carboxylic acids is 1. The molecular weight excluding hydrogens is 486 g/mol. The smallest absolute Gasteiger partial charge is 0.288 e. The second-order valence-corrected chi connectivity index (χ2v) is 8.86. The molecule has 9 heteroatoms. The number of benzene rings is 3. The summed E-state index contributed by atoms with van der Waals surface area (Å²) in [6, 6.07) is 26.6. The third-order valence-electron chi connectivity index (χ3n) is 5.13. The molecule has 172 valence electrons. The Morgan fingerprint density at radius 3 is 2.40 bits per heavy atom. The van der Waals surface area contributed by atoms with Crippen LogP contribution in [0.1, 0.15) is 5.76 Å². The molecule has 0 saturated carbocycles. The summed E-state index contributed by atoms with van der Waals surface area (Å²) in [7, 11) is 0. The van der Waals surface area contributed by atoms with E-state index >= 15 is 0 Å². The first kappa shape index (κ1) is 22.6. The summed E-state index contributed by atoms with van der Waals surface area (Å²) in [4.78, 5) is 30.7. The zero-order chi connectivity index (χ0) is 24.4. The molecule has 35 heavy (non-hydrogen) atoms. The van der Waals surface area contributed by atoms with Crippen molar-refractivity contribution < 1.29 is 14.1 Å². The van der Waals surface area contributed by atoms with Crippen LogP contribution < -0.4 is 4.90 Å². The van der Waals surface area contributed by atoms with Gasteiger partial charge in [0.2, 0.25) is 0 Å². The molecule has 7 nitrogen and oxygen atoms in total. The molecule has 0 radical (unpaired) electrons. The summed E-state index contributed by atoms with van der Waals surface area (Å²) < 4.78 is 5.88. The lowest BCUT2D eigenvalue weighted by Crippen LogP contribution is -2.28. The molecule has 1 fully saturated rings. The number of nitro benzene ring substituents is 1. The molecule has 0 aliphatic carbocycles. The van der Waals surface area contributed by atoms with Crippen LogP contribution in [-0.2, 0) is 4.79 Å². The van der Waals surface area contributed by atoms with Crippen LogP contribution in [0.5, 0.6) is 0 Å². The summed E-state index contributed by atoms with van der Waals surface area (Å²) in [5.74, 6) is 0.628. The van der Waals surface area contributed by atoms with Gasteiger partial charge in [-0.25, -0.2) is 4.99 Å². The molecule has 1 aliphatic heterocycles. The Hall–Kier alpha value is -4.14. The van der Waals surface area contributed by atoms with Gasteiger partial charge in [0.25, 0.3) is 11.6 Å². The quantitative estimate of drug-likeness (QED) is 0.162. The molecule has 0 bridgehead atoms. The van der Waals surface area contributed by atoms with Crippen molar-refractivity contribution in [2.75, 3.05) is 4.90 Å². The molecule has 0 spiro atoms. The van der Waals surface area contributed by atoms with Crippen molar-refractivity contribution in [3.8, 4) is 11.3 Å². The fraction of sp³-hybridized carbons (Fsp3) is 0. The van der Waals surface area contributed by atoms with Gasteiger partial charge in [-0.05, 0) is 60.3 Å². The molecule has 4 aromatic rings. The number of amides is 1. The number of aliphatic imine (C=N–C) groups is 1. The molecule has 0 N–H and O–H groups in total. The van der Waals surface area contributed by atoms with Gasteiger partial charge in [-0.1, -0.05) is 48.0 Å². The van der Waals surface area contributed by atoms with Crippen molar-refractivity contribution in [2.45, 2.75) is 0 Å². The van der Waals surface area contributed by atoms with E-state index in [1.54, 1.807) is 29.2 Å². The Labute approximate surface area is 209 Å². The minimum absolute atomic E-state index is 0.0480. The molecule has 5 rings (SSSR count). The predicted molar refractivity (Wildman–Crippen MR) is 139 cm³/mol. The summed E-state index contributed by atoms with van der Waals surface area (Å²) in [5.41, 5.74) is 1.74. The number of furan rings is 1. The zero-order valence-electron chi connectivity index (χ0n) is 18.0. The van der Waals surface area contributed by atoms with Crippen molar-refractivity contribution in [3.63, 3.8) is 0 Å². The average Bonchev–Trinajstić information content (AvgIpc) is 3.45. The first-order valence-corrected chi connectivity index (χ1v) is 11.7. The highest BCUT2D eigenvalue weighted by atomic mass is 35.5. The number of anilines is 1. The highest BCUT2D eigenvalue weighted by molar-refractivity contribution is 8.19. The maximum atomic E-state index is 13.4. The van der Waals surface area contributed by atoms with Gasteiger partial charge in [0.15, 0.2) is 5.17 Å². The van der Waals surface area contributed by atoms with Gasteiger partial charge in [0, 0.05) is 17.7 Å². The Kier molecular flexibility index (Phi) is 6.22. The fourth-order valence-corrected chi connectivity index (χ4v) is 4.65. The third kappa shape index (κ3) is 4.75. The van der Waals surface area contributed by atoms with Crippen LogP contribution in [0.15, 0.2) is 105 Å². The van der Waals surface area contributed by atoms with E-state index in [1.807, 2.05) is 60.7 Å². The number of thioether (sulfide) groups is 1. The van der Waals surface area contributed by atoms with Crippen molar-refractivity contribution in [2.24, 2.45) is 4.99 Å². The number of hydrogen-bond donors (Lipinski definition) is 0. The van der Waals surface area contributed by atoms with Crippen molar-refractivity contribution >= 4 is 57.6 Å². The van der Waals surface area contributed by atoms with E-state index in [-0.39, 0.29) is 16.6 Å². The largest absolute Gasteiger partial charge is 0.457 e.